The molecule has 0 amide bonds. The highest BCUT2D eigenvalue weighted by Gasteiger charge is 2.25. The van der Waals surface area contributed by atoms with Gasteiger partial charge in [0.1, 0.15) is 5.75 Å². The second kappa shape index (κ2) is 5.90. The zero-order valence-corrected chi connectivity index (χ0v) is 14.7. The lowest BCUT2D eigenvalue weighted by Gasteiger charge is -2.14. The maximum absolute atomic E-state index is 12.1. The SMILES string of the molecule is C[Si](C)(C)CS(=O)(=O)Cc1nnc(-c2ccc(Cl)cc2)o1. The highest BCUT2D eigenvalue weighted by atomic mass is 35.5. The van der Waals surface area contributed by atoms with Crippen molar-refractivity contribution >= 4 is 29.5 Å². The Kier molecular flexibility index (Phi) is 4.55. The van der Waals surface area contributed by atoms with Crippen LogP contribution in [-0.4, -0.2) is 32.1 Å². The number of hydrogen-bond acceptors (Lipinski definition) is 5. The first-order valence-corrected chi connectivity index (χ1v) is 12.3. The van der Waals surface area contributed by atoms with E-state index in [4.69, 9.17) is 16.0 Å². The summed E-state index contributed by atoms with van der Waals surface area (Å²) in [4.78, 5) is 0. The molecule has 2 aromatic rings. The number of sulfone groups is 1. The van der Waals surface area contributed by atoms with Crippen molar-refractivity contribution in [2.75, 3.05) is 5.38 Å². The van der Waals surface area contributed by atoms with E-state index in [1.807, 2.05) is 19.6 Å². The summed E-state index contributed by atoms with van der Waals surface area (Å²) in [6, 6.07) is 6.91. The molecule has 0 saturated heterocycles. The van der Waals surface area contributed by atoms with E-state index in [2.05, 4.69) is 10.2 Å². The Hall–Kier alpha value is -1.18. The van der Waals surface area contributed by atoms with Gasteiger partial charge in [0, 0.05) is 16.0 Å². The van der Waals surface area contributed by atoms with Crippen molar-refractivity contribution in [3.05, 3.63) is 35.2 Å². The Balaban J connectivity index is 2.15. The van der Waals surface area contributed by atoms with Crippen molar-refractivity contribution in [3.8, 4) is 11.5 Å². The van der Waals surface area contributed by atoms with Crippen LogP contribution < -0.4 is 0 Å². The number of hydrogen-bond donors (Lipinski definition) is 0. The molecule has 1 aromatic heterocycles. The lowest BCUT2D eigenvalue weighted by atomic mass is 10.2. The third kappa shape index (κ3) is 4.94. The fourth-order valence-corrected chi connectivity index (χ4v) is 8.23. The van der Waals surface area contributed by atoms with Crippen molar-refractivity contribution in [3.63, 3.8) is 0 Å². The van der Waals surface area contributed by atoms with Gasteiger partial charge in [0.15, 0.2) is 9.84 Å². The van der Waals surface area contributed by atoms with Gasteiger partial charge in [-0.15, -0.1) is 10.2 Å². The third-order valence-corrected chi connectivity index (χ3v) is 8.72. The van der Waals surface area contributed by atoms with Crippen LogP contribution in [0, 0.1) is 0 Å². The van der Waals surface area contributed by atoms with Crippen LogP contribution in [0.1, 0.15) is 5.89 Å². The molecule has 0 aliphatic heterocycles. The summed E-state index contributed by atoms with van der Waals surface area (Å²) in [6.45, 7) is 6.03. The molecule has 1 aromatic carbocycles. The third-order valence-electron chi connectivity index (χ3n) is 2.55. The van der Waals surface area contributed by atoms with Crippen LogP contribution >= 0.6 is 11.6 Å². The minimum absolute atomic E-state index is 0.123. The number of halogens is 1. The zero-order chi connectivity index (χ0) is 15.7. The first kappa shape index (κ1) is 16.2. The van der Waals surface area contributed by atoms with Gasteiger partial charge in [-0.1, -0.05) is 31.2 Å². The lowest BCUT2D eigenvalue weighted by Crippen LogP contribution is -2.32. The highest BCUT2D eigenvalue weighted by molar-refractivity contribution is 7.92. The fourth-order valence-electron chi connectivity index (χ4n) is 1.92. The van der Waals surface area contributed by atoms with Crippen molar-refractivity contribution in [1.29, 1.82) is 0 Å². The van der Waals surface area contributed by atoms with E-state index in [1.54, 1.807) is 24.3 Å². The van der Waals surface area contributed by atoms with Crippen LogP contribution in [0.3, 0.4) is 0 Å². The molecule has 5 nitrogen and oxygen atoms in total. The topological polar surface area (TPSA) is 73.1 Å². The van der Waals surface area contributed by atoms with E-state index in [0.29, 0.717) is 16.5 Å². The molecule has 2 rings (SSSR count). The van der Waals surface area contributed by atoms with Gasteiger partial charge in [0.05, 0.1) is 8.07 Å². The van der Waals surface area contributed by atoms with Gasteiger partial charge >= 0.3 is 0 Å². The van der Waals surface area contributed by atoms with Gasteiger partial charge in [0.2, 0.25) is 11.8 Å². The smallest absolute Gasteiger partial charge is 0.247 e. The van der Waals surface area contributed by atoms with E-state index >= 15 is 0 Å². The Labute approximate surface area is 130 Å². The monoisotopic (exact) mass is 344 g/mol. The largest absolute Gasteiger partial charge is 0.420 e. The van der Waals surface area contributed by atoms with Crippen LogP contribution in [0.4, 0.5) is 0 Å². The van der Waals surface area contributed by atoms with Crippen LogP contribution in [0.25, 0.3) is 11.5 Å². The number of benzene rings is 1. The summed E-state index contributed by atoms with van der Waals surface area (Å²) in [5.74, 6) is 0.209. The molecule has 0 spiro atoms. The molecule has 0 atom stereocenters. The molecular weight excluding hydrogens is 328 g/mol. The normalized spacial score (nSPS) is 12.6. The van der Waals surface area contributed by atoms with Crippen molar-refractivity contribution < 1.29 is 12.8 Å². The molecule has 0 aliphatic carbocycles. The number of nitrogens with zero attached hydrogens (tertiary/aromatic N) is 2. The van der Waals surface area contributed by atoms with Crippen LogP contribution in [0.2, 0.25) is 24.7 Å². The highest BCUT2D eigenvalue weighted by Crippen LogP contribution is 2.21. The summed E-state index contributed by atoms with van der Waals surface area (Å²) in [5.41, 5.74) is 0.709. The minimum Gasteiger partial charge on any atom is -0.420 e. The summed E-state index contributed by atoms with van der Waals surface area (Å²) in [6.07, 6.45) is 0. The van der Waals surface area contributed by atoms with E-state index in [9.17, 15) is 8.42 Å². The molecule has 0 saturated carbocycles. The Morgan fingerprint density at radius 3 is 2.33 bits per heavy atom. The Morgan fingerprint density at radius 2 is 1.76 bits per heavy atom. The predicted octanol–water partition coefficient (Wildman–Crippen LogP) is 3.18. The first-order valence-electron chi connectivity index (χ1n) is 6.43. The van der Waals surface area contributed by atoms with E-state index in [-0.39, 0.29) is 17.0 Å². The van der Waals surface area contributed by atoms with Crippen molar-refractivity contribution in [2.45, 2.75) is 25.4 Å². The second-order valence-electron chi connectivity index (χ2n) is 6.10. The zero-order valence-electron chi connectivity index (χ0n) is 12.1. The molecule has 21 heavy (non-hydrogen) atoms. The predicted molar refractivity (Wildman–Crippen MR) is 85.6 cm³/mol. The van der Waals surface area contributed by atoms with Gasteiger partial charge in [-0.3, -0.25) is 0 Å². The van der Waals surface area contributed by atoms with Crippen molar-refractivity contribution in [2.24, 2.45) is 0 Å². The molecule has 1 heterocycles. The van der Waals surface area contributed by atoms with E-state index in [1.165, 1.54) is 0 Å². The number of aromatic nitrogens is 2. The average Bonchev–Trinajstić information content (AvgIpc) is 2.74. The molecule has 0 fully saturated rings. The van der Waals surface area contributed by atoms with Crippen LogP contribution in [0.5, 0.6) is 0 Å². The molecule has 8 heteroatoms. The second-order valence-corrected chi connectivity index (χ2v) is 14.6. The minimum atomic E-state index is -3.22. The van der Waals surface area contributed by atoms with Gasteiger partial charge in [-0.2, -0.15) is 0 Å². The summed E-state index contributed by atoms with van der Waals surface area (Å²) >= 11 is 5.81. The van der Waals surface area contributed by atoms with Gasteiger partial charge in [0.25, 0.3) is 0 Å². The Bertz CT molecular complexity index is 721. The van der Waals surface area contributed by atoms with E-state index in [0.717, 1.165) is 0 Å². The average molecular weight is 345 g/mol. The standard InChI is InChI=1S/C13H17ClN2O3SSi/c1-21(2,3)9-20(17,18)8-12-15-16-13(19-12)10-4-6-11(14)7-5-10/h4-7H,8-9H2,1-3H3. The van der Waals surface area contributed by atoms with Gasteiger partial charge in [-0.05, 0) is 24.3 Å². The van der Waals surface area contributed by atoms with Crippen LogP contribution in [-0.2, 0) is 15.6 Å². The molecule has 0 unspecified atom stereocenters. The molecule has 0 N–H and O–H groups in total. The lowest BCUT2D eigenvalue weighted by molar-refractivity contribution is 0.519. The molecule has 114 valence electrons. The summed E-state index contributed by atoms with van der Waals surface area (Å²) in [7, 11) is -4.93. The number of rotatable bonds is 5. The summed E-state index contributed by atoms with van der Waals surface area (Å²) in [5, 5.41) is 8.52. The van der Waals surface area contributed by atoms with Gasteiger partial charge in [-0.25, -0.2) is 8.42 Å². The van der Waals surface area contributed by atoms with E-state index < -0.39 is 17.9 Å². The molecule has 0 bridgehead atoms. The quantitative estimate of drug-likeness (QED) is 0.779. The Morgan fingerprint density at radius 1 is 1.14 bits per heavy atom. The molecule has 0 aliphatic rings. The maximum atomic E-state index is 12.1. The van der Waals surface area contributed by atoms with Crippen molar-refractivity contribution in [1.82, 2.24) is 10.2 Å². The van der Waals surface area contributed by atoms with Crippen LogP contribution in [0.15, 0.2) is 28.7 Å². The molecular formula is C13H17ClN2O3SSi. The summed E-state index contributed by atoms with van der Waals surface area (Å²) < 4.78 is 29.6. The first-order chi connectivity index (χ1) is 9.65. The van der Waals surface area contributed by atoms with Gasteiger partial charge < -0.3 is 4.42 Å². The fraction of sp³-hybridized carbons (Fsp3) is 0.385. The maximum Gasteiger partial charge on any atom is 0.247 e. The molecule has 0 radical (unpaired) electrons.